The van der Waals surface area contributed by atoms with E-state index in [0.717, 1.165) is 25.7 Å². The molecule has 116 valence electrons. The van der Waals surface area contributed by atoms with Crippen molar-refractivity contribution in [1.82, 2.24) is 5.32 Å². The van der Waals surface area contributed by atoms with Crippen molar-refractivity contribution in [1.29, 1.82) is 0 Å². The summed E-state index contributed by atoms with van der Waals surface area (Å²) in [6, 6.07) is 1.87. The molecule has 0 radical (unpaired) electrons. The predicted molar refractivity (Wildman–Crippen MR) is 70.3 cm³/mol. The lowest BCUT2D eigenvalue weighted by molar-refractivity contribution is -0.137. The quantitative estimate of drug-likeness (QED) is 0.813. The molecule has 0 saturated heterocycles. The van der Waals surface area contributed by atoms with Gasteiger partial charge in [-0.25, -0.2) is 4.39 Å². The molecule has 0 aliphatic heterocycles. The molecule has 0 bridgehead atoms. The maximum Gasteiger partial charge on any atom is 0.416 e. The van der Waals surface area contributed by atoms with Gasteiger partial charge in [0.2, 0.25) is 0 Å². The Kier molecular flexibility index (Phi) is 4.25. The minimum atomic E-state index is -4.59. The first-order valence-electron chi connectivity index (χ1n) is 6.92. The number of rotatable bonds is 5. The molecule has 1 amide bonds. The molecule has 1 aliphatic carbocycles. The van der Waals surface area contributed by atoms with Gasteiger partial charge in [-0.3, -0.25) is 4.79 Å². The van der Waals surface area contributed by atoms with Crippen LogP contribution in [0.15, 0.2) is 18.2 Å². The van der Waals surface area contributed by atoms with Gasteiger partial charge in [0.25, 0.3) is 5.91 Å². The fraction of sp³-hybridized carbons (Fsp3) is 0.533. The molecule has 0 unspecified atom stereocenters. The Morgan fingerprint density at radius 3 is 2.52 bits per heavy atom. The highest BCUT2D eigenvalue weighted by molar-refractivity contribution is 5.94. The van der Waals surface area contributed by atoms with Crippen LogP contribution in [0.1, 0.15) is 48.5 Å². The first-order chi connectivity index (χ1) is 9.77. The van der Waals surface area contributed by atoms with Gasteiger partial charge in [0.1, 0.15) is 5.82 Å². The lowest BCUT2D eigenvalue weighted by Gasteiger charge is -2.15. The summed E-state index contributed by atoms with van der Waals surface area (Å²) in [6.45, 7) is 2.42. The molecule has 1 aromatic carbocycles. The van der Waals surface area contributed by atoms with Crippen LogP contribution in [0.3, 0.4) is 0 Å². The second-order valence-corrected chi connectivity index (χ2v) is 5.63. The number of hydrogen-bond acceptors (Lipinski definition) is 1. The second kappa shape index (κ2) is 5.66. The third-order valence-corrected chi connectivity index (χ3v) is 3.90. The van der Waals surface area contributed by atoms with Crippen LogP contribution in [0.2, 0.25) is 0 Å². The maximum atomic E-state index is 13.6. The van der Waals surface area contributed by atoms with Crippen molar-refractivity contribution in [2.75, 3.05) is 6.54 Å². The summed E-state index contributed by atoms with van der Waals surface area (Å²) in [4.78, 5) is 11.9. The smallest absolute Gasteiger partial charge is 0.351 e. The lowest BCUT2D eigenvalue weighted by Crippen LogP contribution is -2.31. The summed E-state index contributed by atoms with van der Waals surface area (Å²) in [5, 5.41) is 2.56. The molecule has 0 heterocycles. The minimum absolute atomic E-state index is 0.0581. The molecule has 1 N–H and O–H groups in total. The summed E-state index contributed by atoms with van der Waals surface area (Å²) in [7, 11) is 0. The molecule has 0 spiro atoms. The van der Waals surface area contributed by atoms with E-state index in [1.165, 1.54) is 0 Å². The second-order valence-electron chi connectivity index (χ2n) is 5.63. The van der Waals surface area contributed by atoms with Gasteiger partial charge in [-0.15, -0.1) is 0 Å². The average molecular weight is 303 g/mol. The Balaban J connectivity index is 2.08. The molecule has 21 heavy (non-hydrogen) atoms. The average Bonchev–Trinajstić information content (AvgIpc) is 3.16. The number of hydrogen-bond donors (Lipinski definition) is 1. The van der Waals surface area contributed by atoms with Crippen molar-refractivity contribution in [3.63, 3.8) is 0 Å². The number of nitrogens with one attached hydrogen (secondary N) is 1. The topological polar surface area (TPSA) is 29.1 Å². The summed E-state index contributed by atoms with van der Waals surface area (Å²) in [5.41, 5.74) is -1.52. The van der Waals surface area contributed by atoms with Crippen LogP contribution in [0.4, 0.5) is 17.6 Å². The van der Waals surface area contributed by atoms with Crippen molar-refractivity contribution in [3.8, 4) is 0 Å². The summed E-state index contributed by atoms with van der Waals surface area (Å²) < 4.78 is 51.3. The molecule has 0 aromatic heterocycles. The number of amides is 1. The Morgan fingerprint density at radius 2 is 2.00 bits per heavy atom. The zero-order chi connectivity index (χ0) is 15.7. The van der Waals surface area contributed by atoms with Crippen molar-refractivity contribution >= 4 is 5.91 Å². The zero-order valence-corrected chi connectivity index (χ0v) is 11.7. The number of halogens is 4. The third-order valence-electron chi connectivity index (χ3n) is 3.90. The van der Waals surface area contributed by atoms with Crippen molar-refractivity contribution < 1.29 is 22.4 Å². The fourth-order valence-corrected chi connectivity index (χ4v) is 2.46. The van der Waals surface area contributed by atoms with Crippen LogP contribution in [0, 0.1) is 11.2 Å². The van der Waals surface area contributed by atoms with Crippen LogP contribution >= 0.6 is 0 Å². The van der Waals surface area contributed by atoms with Crippen LogP contribution in [-0.2, 0) is 6.18 Å². The molecule has 6 heteroatoms. The van der Waals surface area contributed by atoms with E-state index in [0.29, 0.717) is 24.7 Å². The third kappa shape index (κ3) is 3.74. The van der Waals surface area contributed by atoms with Crippen molar-refractivity contribution in [2.24, 2.45) is 5.41 Å². The SMILES string of the molecule is CCCC1(CNC(=O)c2cc(C(F)(F)F)ccc2F)CC1. The van der Waals surface area contributed by atoms with Crippen molar-refractivity contribution in [2.45, 2.75) is 38.8 Å². The zero-order valence-electron chi connectivity index (χ0n) is 11.7. The van der Waals surface area contributed by atoms with E-state index in [-0.39, 0.29) is 5.41 Å². The van der Waals surface area contributed by atoms with Crippen molar-refractivity contribution in [3.05, 3.63) is 35.1 Å². The lowest BCUT2D eigenvalue weighted by atomic mass is 10.0. The van der Waals surface area contributed by atoms with Gasteiger partial charge in [0.15, 0.2) is 0 Å². The molecular weight excluding hydrogens is 286 g/mol. The van der Waals surface area contributed by atoms with E-state index in [4.69, 9.17) is 0 Å². The number of carbonyl (C=O) groups is 1. The molecule has 2 nitrogen and oxygen atoms in total. The largest absolute Gasteiger partial charge is 0.416 e. The van der Waals surface area contributed by atoms with E-state index in [1.54, 1.807) is 0 Å². The van der Waals surface area contributed by atoms with Gasteiger partial charge >= 0.3 is 6.18 Å². The van der Waals surface area contributed by atoms with Gasteiger partial charge < -0.3 is 5.32 Å². The fourth-order valence-electron chi connectivity index (χ4n) is 2.46. The van der Waals surface area contributed by atoms with E-state index < -0.39 is 29.0 Å². The predicted octanol–water partition coefficient (Wildman–Crippen LogP) is 4.15. The molecule has 1 saturated carbocycles. The van der Waals surface area contributed by atoms with Crippen LogP contribution in [0.5, 0.6) is 0 Å². The highest BCUT2D eigenvalue weighted by atomic mass is 19.4. The molecule has 1 fully saturated rings. The minimum Gasteiger partial charge on any atom is -0.351 e. The Bertz CT molecular complexity index is 535. The van der Waals surface area contributed by atoms with Gasteiger partial charge in [-0.05, 0) is 42.9 Å². The normalized spacial score (nSPS) is 16.6. The van der Waals surface area contributed by atoms with Crippen LogP contribution in [0.25, 0.3) is 0 Å². The van der Waals surface area contributed by atoms with Gasteiger partial charge in [0, 0.05) is 6.54 Å². The summed E-state index contributed by atoms with van der Waals surface area (Å²) >= 11 is 0. The molecule has 2 rings (SSSR count). The number of alkyl halides is 3. The molecule has 1 aromatic rings. The molecule has 0 atom stereocenters. The maximum absolute atomic E-state index is 13.6. The Labute approximate surface area is 120 Å². The van der Waals surface area contributed by atoms with E-state index in [2.05, 4.69) is 5.32 Å². The Morgan fingerprint density at radius 1 is 1.33 bits per heavy atom. The van der Waals surface area contributed by atoms with E-state index in [1.807, 2.05) is 6.92 Å². The van der Waals surface area contributed by atoms with Gasteiger partial charge in [-0.2, -0.15) is 13.2 Å². The highest BCUT2D eigenvalue weighted by Gasteiger charge is 2.41. The first kappa shape index (κ1) is 15.8. The first-order valence-corrected chi connectivity index (χ1v) is 6.92. The van der Waals surface area contributed by atoms with E-state index in [9.17, 15) is 22.4 Å². The monoisotopic (exact) mass is 303 g/mol. The highest BCUT2D eigenvalue weighted by Crippen LogP contribution is 2.48. The summed E-state index contributed by atoms with van der Waals surface area (Å²) in [5.74, 6) is -1.73. The van der Waals surface area contributed by atoms with Crippen LogP contribution in [-0.4, -0.2) is 12.5 Å². The van der Waals surface area contributed by atoms with Crippen LogP contribution < -0.4 is 5.32 Å². The Hall–Kier alpha value is -1.59. The van der Waals surface area contributed by atoms with Gasteiger partial charge in [-0.1, -0.05) is 13.3 Å². The number of benzene rings is 1. The molecular formula is C15H17F4NO. The van der Waals surface area contributed by atoms with Gasteiger partial charge in [0.05, 0.1) is 11.1 Å². The summed E-state index contributed by atoms with van der Waals surface area (Å²) in [6.07, 6.45) is -0.673. The van der Waals surface area contributed by atoms with E-state index >= 15 is 0 Å². The standard InChI is InChI=1S/C15H17F4NO/c1-2-5-14(6-7-14)9-20-13(21)11-8-10(15(17,18)19)3-4-12(11)16/h3-4,8H,2,5-7,9H2,1H3,(H,20,21). The number of carbonyl (C=O) groups excluding carboxylic acids is 1. The molecule has 1 aliphatic rings.